The maximum atomic E-state index is 12.5. The summed E-state index contributed by atoms with van der Waals surface area (Å²) in [5.74, 6) is -1.12. The summed E-state index contributed by atoms with van der Waals surface area (Å²) in [6.45, 7) is 0. The first-order valence-corrected chi connectivity index (χ1v) is 3.20. The van der Waals surface area contributed by atoms with E-state index < -0.39 is 23.6 Å². The monoisotopic (exact) mass is 187 g/mol. The highest BCUT2D eigenvalue weighted by molar-refractivity contribution is 5.55. The molecule has 0 radical (unpaired) electrons. The van der Waals surface area contributed by atoms with E-state index in [1.54, 1.807) is 0 Å². The number of nitriles is 1. The van der Waals surface area contributed by atoms with Crippen LogP contribution in [0.2, 0.25) is 0 Å². The molecule has 0 aromatic carbocycles. The van der Waals surface area contributed by atoms with Crippen molar-refractivity contribution in [2.24, 2.45) is 0 Å². The van der Waals surface area contributed by atoms with Crippen molar-refractivity contribution < 1.29 is 13.2 Å². The van der Waals surface area contributed by atoms with Gasteiger partial charge in [0.2, 0.25) is 5.95 Å². The van der Waals surface area contributed by atoms with Crippen LogP contribution in [0.5, 0.6) is 0 Å². The highest BCUT2D eigenvalue weighted by Gasteiger charge is 2.18. The lowest BCUT2D eigenvalue weighted by molar-refractivity contribution is 0.144. The first kappa shape index (κ1) is 9.32. The van der Waals surface area contributed by atoms with Gasteiger partial charge in [-0.25, -0.2) is 13.8 Å². The Bertz CT molecular complexity index is 370. The minimum Gasteiger partial charge on any atom is -0.397 e. The lowest BCUT2D eigenvalue weighted by Gasteiger charge is -2.03. The zero-order valence-electron chi connectivity index (χ0n) is 6.26. The molecule has 0 saturated carbocycles. The second-order valence-corrected chi connectivity index (χ2v) is 2.21. The van der Waals surface area contributed by atoms with Gasteiger partial charge in [0, 0.05) is 6.07 Å². The number of aromatic nitrogens is 1. The minimum atomic E-state index is -3.01. The molecule has 0 aliphatic heterocycles. The number of nitrogens with two attached hydrogens (primary N) is 1. The number of hydrogen-bond acceptors (Lipinski definition) is 3. The number of nitrogen functional groups attached to an aromatic ring is 1. The van der Waals surface area contributed by atoms with E-state index in [1.165, 1.54) is 6.07 Å². The van der Waals surface area contributed by atoms with Crippen molar-refractivity contribution in [1.82, 2.24) is 4.98 Å². The Morgan fingerprint density at radius 3 is 2.62 bits per heavy atom. The lowest BCUT2D eigenvalue weighted by Crippen LogP contribution is -2.02. The Balaban J connectivity index is 3.41. The van der Waals surface area contributed by atoms with Gasteiger partial charge in [-0.3, -0.25) is 0 Å². The molecule has 1 heterocycles. The molecule has 0 aliphatic carbocycles. The Labute approximate surface area is 71.6 Å². The predicted molar refractivity (Wildman–Crippen MR) is 38.3 cm³/mol. The Morgan fingerprint density at radius 2 is 2.15 bits per heavy atom. The number of hydrogen-bond donors (Lipinski definition) is 1. The largest absolute Gasteiger partial charge is 0.397 e. The molecule has 0 bridgehead atoms. The SMILES string of the molecule is N#Cc1c(N)cc(F)nc1C(F)F. The van der Waals surface area contributed by atoms with Crippen molar-refractivity contribution in [2.75, 3.05) is 5.73 Å². The van der Waals surface area contributed by atoms with Crippen molar-refractivity contribution in [1.29, 1.82) is 5.26 Å². The van der Waals surface area contributed by atoms with E-state index in [-0.39, 0.29) is 5.69 Å². The molecule has 1 aromatic rings. The van der Waals surface area contributed by atoms with Gasteiger partial charge >= 0.3 is 0 Å². The second kappa shape index (κ2) is 3.31. The van der Waals surface area contributed by atoms with Gasteiger partial charge in [0.25, 0.3) is 6.43 Å². The number of nitrogens with zero attached hydrogens (tertiary/aromatic N) is 2. The van der Waals surface area contributed by atoms with E-state index in [4.69, 9.17) is 11.0 Å². The fourth-order valence-electron chi connectivity index (χ4n) is 0.831. The van der Waals surface area contributed by atoms with Crippen LogP contribution in [-0.2, 0) is 0 Å². The lowest BCUT2D eigenvalue weighted by atomic mass is 10.2. The Kier molecular flexibility index (Phi) is 2.37. The van der Waals surface area contributed by atoms with E-state index in [1.807, 2.05) is 0 Å². The number of anilines is 1. The van der Waals surface area contributed by atoms with Crippen LogP contribution in [-0.4, -0.2) is 4.98 Å². The van der Waals surface area contributed by atoms with Crippen LogP contribution in [0, 0.1) is 17.3 Å². The number of rotatable bonds is 1. The van der Waals surface area contributed by atoms with Crippen molar-refractivity contribution in [3.8, 4) is 6.07 Å². The van der Waals surface area contributed by atoms with Crippen LogP contribution >= 0.6 is 0 Å². The van der Waals surface area contributed by atoms with Gasteiger partial charge < -0.3 is 5.73 Å². The second-order valence-electron chi connectivity index (χ2n) is 2.21. The molecule has 1 aromatic heterocycles. The van der Waals surface area contributed by atoms with E-state index in [0.717, 1.165) is 6.07 Å². The van der Waals surface area contributed by atoms with E-state index in [0.29, 0.717) is 0 Å². The normalized spacial score (nSPS) is 10.1. The van der Waals surface area contributed by atoms with Crippen LogP contribution in [0.3, 0.4) is 0 Å². The molecule has 68 valence electrons. The molecule has 0 amide bonds. The number of alkyl halides is 2. The van der Waals surface area contributed by atoms with E-state index in [9.17, 15) is 13.2 Å². The smallest absolute Gasteiger partial charge is 0.281 e. The van der Waals surface area contributed by atoms with Crippen molar-refractivity contribution in [2.45, 2.75) is 6.43 Å². The molecule has 0 unspecified atom stereocenters. The fourth-order valence-corrected chi connectivity index (χ4v) is 0.831. The molecular weight excluding hydrogens is 183 g/mol. The molecule has 0 saturated heterocycles. The molecule has 6 heteroatoms. The van der Waals surface area contributed by atoms with Crippen LogP contribution < -0.4 is 5.73 Å². The maximum absolute atomic E-state index is 12.5. The van der Waals surface area contributed by atoms with Gasteiger partial charge in [0.15, 0.2) is 0 Å². The number of halogens is 3. The Hall–Kier alpha value is -1.77. The van der Waals surface area contributed by atoms with Crippen LogP contribution in [0.25, 0.3) is 0 Å². The molecule has 0 atom stereocenters. The third kappa shape index (κ3) is 1.69. The summed E-state index contributed by atoms with van der Waals surface area (Å²) in [6, 6.07) is 2.16. The summed E-state index contributed by atoms with van der Waals surface area (Å²) in [6.07, 6.45) is -3.01. The first-order valence-electron chi connectivity index (χ1n) is 3.20. The van der Waals surface area contributed by atoms with Crippen molar-refractivity contribution in [3.05, 3.63) is 23.3 Å². The van der Waals surface area contributed by atoms with Gasteiger partial charge in [-0.1, -0.05) is 0 Å². The van der Waals surface area contributed by atoms with Crippen molar-refractivity contribution >= 4 is 5.69 Å². The number of pyridine rings is 1. The third-order valence-corrected chi connectivity index (χ3v) is 1.37. The molecule has 2 N–H and O–H groups in total. The van der Waals surface area contributed by atoms with E-state index in [2.05, 4.69) is 4.98 Å². The maximum Gasteiger partial charge on any atom is 0.281 e. The summed E-state index contributed by atoms with van der Waals surface area (Å²) in [7, 11) is 0. The highest BCUT2D eigenvalue weighted by atomic mass is 19.3. The molecule has 3 nitrogen and oxygen atoms in total. The van der Waals surface area contributed by atoms with Crippen molar-refractivity contribution in [3.63, 3.8) is 0 Å². The molecule has 0 spiro atoms. The zero-order chi connectivity index (χ0) is 10.0. The van der Waals surface area contributed by atoms with E-state index >= 15 is 0 Å². The fraction of sp³-hybridized carbons (Fsp3) is 0.143. The summed E-state index contributed by atoms with van der Waals surface area (Å²) in [5, 5.41) is 8.41. The first-order chi connectivity index (χ1) is 6.06. The van der Waals surface area contributed by atoms with Crippen LogP contribution in [0.1, 0.15) is 17.7 Å². The summed E-state index contributed by atoms with van der Waals surface area (Å²) in [4.78, 5) is 2.89. The van der Waals surface area contributed by atoms with Crippen LogP contribution in [0.15, 0.2) is 6.07 Å². The predicted octanol–water partition coefficient (Wildman–Crippen LogP) is 1.61. The molecule has 0 aliphatic rings. The molecular formula is C7H4F3N3. The summed E-state index contributed by atoms with van der Waals surface area (Å²) in [5.41, 5.74) is 3.41. The van der Waals surface area contributed by atoms with Gasteiger partial charge in [-0.05, 0) is 0 Å². The van der Waals surface area contributed by atoms with Gasteiger partial charge in [-0.2, -0.15) is 9.65 Å². The zero-order valence-corrected chi connectivity index (χ0v) is 6.26. The Morgan fingerprint density at radius 1 is 1.54 bits per heavy atom. The topological polar surface area (TPSA) is 62.7 Å². The van der Waals surface area contributed by atoms with Gasteiger partial charge in [0.05, 0.1) is 5.69 Å². The quantitative estimate of drug-likeness (QED) is 0.679. The standard InChI is InChI=1S/C7H4F3N3/c8-5-1-4(12)3(2-11)6(13-5)7(9)10/h1,7H,(H2,12,13). The highest BCUT2D eigenvalue weighted by Crippen LogP contribution is 2.24. The third-order valence-electron chi connectivity index (χ3n) is 1.37. The summed E-state index contributed by atoms with van der Waals surface area (Å²) >= 11 is 0. The average molecular weight is 187 g/mol. The average Bonchev–Trinajstić information content (AvgIpc) is 2.02. The molecule has 1 rings (SSSR count). The van der Waals surface area contributed by atoms with Gasteiger partial charge in [0.1, 0.15) is 17.3 Å². The van der Waals surface area contributed by atoms with Gasteiger partial charge in [-0.15, -0.1) is 0 Å². The minimum absolute atomic E-state index is 0.328. The summed E-state index contributed by atoms with van der Waals surface area (Å²) < 4.78 is 36.7. The molecule has 13 heavy (non-hydrogen) atoms. The molecule has 0 fully saturated rings. The van der Waals surface area contributed by atoms with Crippen LogP contribution in [0.4, 0.5) is 18.9 Å².